The molecule has 112 valence electrons. The zero-order valence-corrected chi connectivity index (χ0v) is 12.7. The van der Waals surface area contributed by atoms with Crippen LogP contribution >= 0.6 is 0 Å². The molecule has 0 bridgehead atoms. The molecule has 0 unspecified atom stereocenters. The number of aromatic nitrogens is 1. The molecular formula is C17H21FN2O. The van der Waals surface area contributed by atoms with Gasteiger partial charge in [0, 0.05) is 23.9 Å². The number of halogens is 1. The van der Waals surface area contributed by atoms with Crippen LogP contribution in [0.5, 0.6) is 5.75 Å². The highest BCUT2D eigenvalue weighted by Crippen LogP contribution is 2.23. The molecule has 0 aliphatic carbocycles. The van der Waals surface area contributed by atoms with E-state index in [1.54, 1.807) is 13.2 Å². The van der Waals surface area contributed by atoms with Gasteiger partial charge >= 0.3 is 0 Å². The summed E-state index contributed by atoms with van der Waals surface area (Å²) in [5.74, 6) is 0.738. The van der Waals surface area contributed by atoms with E-state index in [2.05, 4.69) is 10.3 Å². The zero-order chi connectivity index (χ0) is 15.2. The lowest BCUT2D eigenvalue weighted by Gasteiger charge is -2.12. The van der Waals surface area contributed by atoms with E-state index in [4.69, 9.17) is 4.74 Å². The number of nitrogens with one attached hydrogen (secondary N) is 1. The van der Waals surface area contributed by atoms with Gasteiger partial charge in [-0.3, -0.25) is 4.98 Å². The standard InChI is InChI=1S/C17H21FN2O/c1-12-10-20-16(13(2)17(12)21-3)11-19-9-8-14-6-4-5-7-15(14)18/h4-7,10,19H,8-9,11H2,1-3H3. The Hall–Kier alpha value is -1.94. The van der Waals surface area contributed by atoms with Crippen LogP contribution in [0.25, 0.3) is 0 Å². The first-order chi connectivity index (χ1) is 10.1. The maximum Gasteiger partial charge on any atom is 0.128 e. The van der Waals surface area contributed by atoms with Gasteiger partial charge in [0.1, 0.15) is 11.6 Å². The Bertz CT molecular complexity index is 614. The SMILES string of the molecule is COc1c(C)cnc(CNCCc2ccccc2F)c1C. The molecule has 3 nitrogen and oxygen atoms in total. The highest BCUT2D eigenvalue weighted by molar-refractivity contribution is 5.40. The summed E-state index contributed by atoms with van der Waals surface area (Å²) >= 11 is 0. The summed E-state index contributed by atoms with van der Waals surface area (Å²) in [7, 11) is 1.67. The molecule has 1 N–H and O–H groups in total. The number of hydrogen-bond acceptors (Lipinski definition) is 3. The van der Waals surface area contributed by atoms with Crippen LogP contribution in [0.1, 0.15) is 22.4 Å². The summed E-state index contributed by atoms with van der Waals surface area (Å²) in [5, 5.41) is 3.30. The highest BCUT2D eigenvalue weighted by atomic mass is 19.1. The Morgan fingerprint density at radius 3 is 2.71 bits per heavy atom. The van der Waals surface area contributed by atoms with Crippen LogP contribution in [0.2, 0.25) is 0 Å². The third-order valence-corrected chi connectivity index (χ3v) is 3.57. The number of aryl methyl sites for hydroxylation is 1. The van der Waals surface area contributed by atoms with Crippen molar-refractivity contribution < 1.29 is 9.13 Å². The molecule has 1 heterocycles. The van der Waals surface area contributed by atoms with Gasteiger partial charge in [0.05, 0.1) is 12.8 Å². The van der Waals surface area contributed by atoms with Crippen LogP contribution in [0.3, 0.4) is 0 Å². The summed E-state index contributed by atoms with van der Waals surface area (Å²) in [6.45, 7) is 5.34. The second-order valence-corrected chi connectivity index (χ2v) is 5.06. The van der Waals surface area contributed by atoms with Gasteiger partial charge in [-0.1, -0.05) is 18.2 Å². The average molecular weight is 288 g/mol. The van der Waals surface area contributed by atoms with E-state index in [0.717, 1.165) is 28.1 Å². The highest BCUT2D eigenvalue weighted by Gasteiger charge is 2.09. The molecule has 4 heteroatoms. The van der Waals surface area contributed by atoms with Crippen LogP contribution in [-0.4, -0.2) is 18.6 Å². The maximum absolute atomic E-state index is 13.5. The van der Waals surface area contributed by atoms with Crippen molar-refractivity contribution in [3.63, 3.8) is 0 Å². The van der Waals surface area contributed by atoms with Crippen molar-refractivity contribution in [3.05, 3.63) is 58.7 Å². The normalized spacial score (nSPS) is 10.7. The molecule has 0 saturated carbocycles. The van der Waals surface area contributed by atoms with Gasteiger partial charge in [-0.25, -0.2) is 4.39 Å². The molecule has 0 spiro atoms. The number of hydrogen-bond donors (Lipinski definition) is 1. The quantitative estimate of drug-likeness (QED) is 0.829. The molecule has 1 aromatic carbocycles. The molecule has 2 rings (SSSR count). The minimum Gasteiger partial charge on any atom is -0.496 e. The Morgan fingerprint density at radius 1 is 1.24 bits per heavy atom. The van der Waals surface area contributed by atoms with Crippen molar-refractivity contribution in [2.24, 2.45) is 0 Å². The van der Waals surface area contributed by atoms with E-state index in [1.165, 1.54) is 6.07 Å². The van der Waals surface area contributed by atoms with E-state index in [9.17, 15) is 4.39 Å². The van der Waals surface area contributed by atoms with Gasteiger partial charge in [-0.15, -0.1) is 0 Å². The van der Waals surface area contributed by atoms with Crippen LogP contribution in [0, 0.1) is 19.7 Å². The topological polar surface area (TPSA) is 34.1 Å². The lowest BCUT2D eigenvalue weighted by atomic mass is 10.1. The van der Waals surface area contributed by atoms with Gasteiger partial charge in [-0.2, -0.15) is 0 Å². The Kier molecular flexibility index (Phi) is 5.28. The Morgan fingerprint density at radius 2 is 2.00 bits per heavy atom. The molecule has 0 saturated heterocycles. The van der Waals surface area contributed by atoms with Crippen molar-refractivity contribution in [3.8, 4) is 5.75 Å². The van der Waals surface area contributed by atoms with Gasteiger partial charge in [0.25, 0.3) is 0 Å². The summed E-state index contributed by atoms with van der Waals surface area (Å²) in [5.41, 5.74) is 3.78. The second-order valence-electron chi connectivity index (χ2n) is 5.06. The molecular weight excluding hydrogens is 267 g/mol. The summed E-state index contributed by atoms with van der Waals surface area (Å²) in [6.07, 6.45) is 2.48. The first-order valence-electron chi connectivity index (χ1n) is 7.06. The van der Waals surface area contributed by atoms with Crippen LogP contribution in [-0.2, 0) is 13.0 Å². The first-order valence-corrected chi connectivity index (χ1v) is 7.06. The van der Waals surface area contributed by atoms with Crippen molar-refractivity contribution >= 4 is 0 Å². The van der Waals surface area contributed by atoms with E-state index >= 15 is 0 Å². The molecule has 0 aliphatic heterocycles. The van der Waals surface area contributed by atoms with Crippen molar-refractivity contribution in [1.29, 1.82) is 0 Å². The van der Waals surface area contributed by atoms with Crippen LogP contribution < -0.4 is 10.1 Å². The molecule has 0 aliphatic rings. The lowest BCUT2D eigenvalue weighted by molar-refractivity contribution is 0.406. The van der Waals surface area contributed by atoms with Crippen LogP contribution in [0.15, 0.2) is 30.5 Å². The van der Waals surface area contributed by atoms with Gasteiger partial charge in [-0.05, 0) is 38.4 Å². The number of benzene rings is 1. The van der Waals surface area contributed by atoms with Crippen molar-refractivity contribution in [1.82, 2.24) is 10.3 Å². The maximum atomic E-state index is 13.5. The fourth-order valence-electron chi connectivity index (χ4n) is 2.38. The van der Waals surface area contributed by atoms with E-state index < -0.39 is 0 Å². The van der Waals surface area contributed by atoms with E-state index in [1.807, 2.05) is 32.2 Å². The van der Waals surface area contributed by atoms with E-state index in [-0.39, 0.29) is 5.82 Å². The van der Waals surface area contributed by atoms with Crippen molar-refractivity contribution in [2.75, 3.05) is 13.7 Å². The minimum atomic E-state index is -0.148. The minimum absolute atomic E-state index is 0.148. The molecule has 0 radical (unpaired) electrons. The number of rotatable bonds is 6. The largest absolute Gasteiger partial charge is 0.496 e. The average Bonchev–Trinajstić information content (AvgIpc) is 2.48. The molecule has 1 aromatic heterocycles. The predicted octanol–water partition coefficient (Wildman–Crippen LogP) is 3.18. The smallest absolute Gasteiger partial charge is 0.128 e. The molecule has 0 amide bonds. The Balaban J connectivity index is 1.91. The van der Waals surface area contributed by atoms with Gasteiger partial charge < -0.3 is 10.1 Å². The molecule has 21 heavy (non-hydrogen) atoms. The number of pyridine rings is 1. The zero-order valence-electron chi connectivity index (χ0n) is 12.7. The molecule has 0 fully saturated rings. The van der Waals surface area contributed by atoms with Gasteiger partial charge in [0.15, 0.2) is 0 Å². The van der Waals surface area contributed by atoms with Gasteiger partial charge in [0.2, 0.25) is 0 Å². The summed E-state index contributed by atoms with van der Waals surface area (Å²) < 4.78 is 18.9. The lowest BCUT2D eigenvalue weighted by Crippen LogP contribution is -2.19. The van der Waals surface area contributed by atoms with Crippen molar-refractivity contribution in [2.45, 2.75) is 26.8 Å². The van der Waals surface area contributed by atoms with Crippen LogP contribution in [0.4, 0.5) is 4.39 Å². The summed E-state index contributed by atoms with van der Waals surface area (Å²) in [6, 6.07) is 6.87. The summed E-state index contributed by atoms with van der Waals surface area (Å²) in [4.78, 5) is 4.43. The van der Waals surface area contributed by atoms with E-state index in [0.29, 0.717) is 19.5 Å². The monoisotopic (exact) mass is 288 g/mol. The Labute approximate surface area is 125 Å². The fourth-order valence-corrected chi connectivity index (χ4v) is 2.38. The third-order valence-electron chi connectivity index (χ3n) is 3.57. The third kappa shape index (κ3) is 3.79. The number of nitrogens with zero attached hydrogens (tertiary/aromatic N) is 1. The second kappa shape index (κ2) is 7.18. The predicted molar refractivity (Wildman–Crippen MR) is 82.1 cm³/mol. The fraction of sp³-hybridized carbons (Fsp3) is 0.353. The number of ether oxygens (including phenoxy) is 1. The molecule has 2 aromatic rings. The number of methoxy groups -OCH3 is 1. The first kappa shape index (κ1) is 15.4. The molecule has 0 atom stereocenters.